The Labute approximate surface area is 105 Å². The SMILES string of the molecule is Cn1ccc(CNCC(O)c2cccc(F)c2)n1. The quantitative estimate of drug-likeness (QED) is 0.841. The maximum Gasteiger partial charge on any atom is 0.123 e. The molecule has 0 saturated heterocycles. The summed E-state index contributed by atoms with van der Waals surface area (Å²) in [6.07, 6.45) is 1.14. The summed E-state index contributed by atoms with van der Waals surface area (Å²) < 4.78 is 14.7. The third-order valence-corrected chi connectivity index (χ3v) is 2.65. The van der Waals surface area contributed by atoms with Gasteiger partial charge in [0, 0.05) is 26.3 Å². The summed E-state index contributed by atoms with van der Waals surface area (Å²) >= 11 is 0. The molecule has 0 amide bonds. The Balaban J connectivity index is 1.83. The molecule has 2 aromatic rings. The van der Waals surface area contributed by atoms with Crippen LogP contribution in [0.5, 0.6) is 0 Å². The molecule has 96 valence electrons. The lowest BCUT2D eigenvalue weighted by molar-refractivity contribution is 0.174. The highest BCUT2D eigenvalue weighted by molar-refractivity contribution is 5.19. The van der Waals surface area contributed by atoms with Crippen molar-refractivity contribution in [1.82, 2.24) is 15.1 Å². The molecule has 18 heavy (non-hydrogen) atoms. The highest BCUT2D eigenvalue weighted by Gasteiger charge is 2.08. The standard InChI is InChI=1S/C13H16FN3O/c1-17-6-5-12(16-17)8-15-9-13(18)10-3-2-4-11(14)7-10/h2-7,13,15,18H,8-9H2,1H3. The minimum Gasteiger partial charge on any atom is -0.387 e. The summed E-state index contributed by atoms with van der Waals surface area (Å²) in [5.74, 6) is -0.337. The summed E-state index contributed by atoms with van der Waals surface area (Å²) in [5.41, 5.74) is 1.48. The molecule has 2 rings (SSSR count). The second-order valence-electron chi connectivity index (χ2n) is 4.18. The van der Waals surface area contributed by atoms with Crippen molar-refractivity contribution in [3.8, 4) is 0 Å². The van der Waals surface area contributed by atoms with Crippen LogP contribution >= 0.6 is 0 Å². The predicted molar refractivity (Wildman–Crippen MR) is 66.3 cm³/mol. The van der Waals surface area contributed by atoms with Crippen molar-refractivity contribution in [2.75, 3.05) is 6.54 Å². The smallest absolute Gasteiger partial charge is 0.123 e. The predicted octanol–water partition coefficient (Wildman–Crippen LogP) is 1.38. The number of halogens is 1. The highest BCUT2D eigenvalue weighted by atomic mass is 19.1. The third kappa shape index (κ3) is 3.38. The molecule has 0 aliphatic carbocycles. The van der Waals surface area contributed by atoms with Gasteiger partial charge in [-0.1, -0.05) is 12.1 Å². The third-order valence-electron chi connectivity index (χ3n) is 2.65. The van der Waals surface area contributed by atoms with Crippen LogP contribution in [0.2, 0.25) is 0 Å². The molecule has 0 saturated carbocycles. The molecule has 1 heterocycles. The maximum absolute atomic E-state index is 13.0. The summed E-state index contributed by atoms with van der Waals surface area (Å²) in [7, 11) is 1.85. The van der Waals surface area contributed by atoms with Crippen molar-refractivity contribution in [3.63, 3.8) is 0 Å². The fraction of sp³-hybridized carbons (Fsp3) is 0.308. The van der Waals surface area contributed by atoms with Gasteiger partial charge in [0.25, 0.3) is 0 Å². The van der Waals surface area contributed by atoms with E-state index in [1.54, 1.807) is 16.8 Å². The molecule has 1 aromatic carbocycles. The van der Waals surface area contributed by atoms with Gasteiger partial charge in [-0.2, -0.15) is 5.10 Å². The first-order valence-corrected chi connectivity index (χ1v) is 5.78. The molecule has 0 radical (unpaired) electrons. The molecule has 4 nitrogen and oxygen atoms in total. The number of aromatic nitrogens is 2. The first-order chi connectivity index (χ1) is 8.65. The van der Waals surface area contributed by atoms with Gasteiger partial charge < -0.3 is 10.4 Å². The number of nitrogens with zero attached hydrogens (tertiary/aromatic N) is 2. The van der Waals surface area contributed by atoms with Crippen molar-refractivity contribution in [2.24, 2.45) is 7.05 Å². The van der Waals surface area contributed by atoms with E-state index in [2.05, 4.69) is 10.4 Å². The highest BCUT2D eigenvalue weighted by Crippen LogP contribution is 2.13. The van der Waals surface area contributed by atoms with Crippen molar-refractivity contribution < 1.29 is 9.50 Å². The molecule has 0 aliphatic heterocycles. The summed E-state index contributed by atoms with van der Waals surface area (Å²) in [6, 6.07) is 7.90. The van der Waals surface area contributed by atoms with E-state index < -0.39 is 6.10 Å². The van der Waals surface area contributed by atoms with Crippen molar-refractivity contribution in [1.29, 1.82) is 0 Å². The van der Waals surface area contributed by atoms with E-state index in [1.807, 2.05) is 19.3 Å². The van der Waals surface area contributed by atoms with Crippen LogP contribution in [-0.2, 0) is 13.6 Å². The monoisotopic (exact) mass is 249 g/mol. The zero-order chi connectivity index (χ0) is 13.0. The zero-order valence-corrected chi connectivity index (χ0v) is 10.2. The topological polar surface area (TPSA) is 50.1 Å². The van der Waals surface area contributed by atoms with E-state index in [0.717, 1.165) is 5.69 Å². The lowest BCUT2D eigenvalue weighted by atomic mass is 10.1. The number of hydrogen-bond donors (Lipinski definition) is 2. The molecule has 2 N–H and O–H groups in total. The fourth-order valence-electron chi connectivity index (χ4n) is 1.73. The van der Waals surface area contributed by atoms with Gasteiger partial charge in [0.1, 0.15) is 5.82 Å². The molecule has 1 aromatic heterocycles. The molecular weight excluding hydrogens is 233 g/mol. The number of aryl methyl sites for hydroxylation is 1. The van der Waals surface area contributed by atoms with Crippen LogP contribution in [0.3, 0.4) is 0 Å². The molecule has 0 spiro atoms. The van der Waals surface area contributed by atoms with Crippen LogP contribution in [0.15, 0.2) is 36.5 Å². The maximum atomic E-state index is 13.0. The second-order valence-corrected chi connectivity index (χ2v) is 4.18. The van der Waals surface area contributed by atoms with Crippen molar-refractivity contribution >= 4 is 0 Å². The Kier molecular flexibility index (Phi) is 4.07. The van der Waals surface area contributed by atoms with Crippen LogP contribution in [0.1, 0.15) is 17.4 Å². The number of benzene rings is 1. The first kappa shape index (κ1) is 12.7. The Bertz CT molecular complexity index is 512. The second kappa shape index (κ2) is 5.75. The lowest BCUT2D eigenvalue weighted by Gasteiger charge is -2.11. The van der Waals surface area contributed by atoms with Gasteiger partial charge in [-0.05, 0) is 23.8 Å². The molecule has 1 unspecified atom stereocenters. The van der Waals surface area contributed by atoms with E-state index in [0.29, 0.717) is 18.7 Å². The zero-order valence-electron chi connectivity index (χ0n) is 10.2. The van der Waals surface area contributed by atoms with Gasteiger partial charge in [0.2, 0.25) is 0 Å². The number of aliphatic hydroxyl groups is 1. The van der Waals surface area contributed by atoms with Gasteiger partial charge in [-0.3, -0.25) is 4.68 Å². The average molecular weight is 249 g/mol. The summed E-state index contributed by atoms with van der Waals surface area (Å²) in [5, 5.41) is 17.2. The molecule has 0 fully saturated rings. The summed E-state index contributed by atoms with van der Waals surface area (Å²) in [4.78, 5) is 0. The molecule has 0 bridgehead atoms. The van der Waals surface area contributed by atoms with Crippen LogP contribution in [0, 0.1) is 5.82 Å². The van der Waals surface area contributed by atoms with Crippen molar-refractivity contribution in [3.05, 3.63) is 53.6 Å². The fourth-order valence-corrected chi connectivity index (χ4v) is 1.73. The van der Waals surface area contributed by atoms with Gasteiger partial charge >= 0.3 is 0 Å². The minimum atomic E-state index is -0.718. The number of aliphatic hydroxyl groups excluding tert-OH is 1. The van der Waals surface area contributed by atoms with Gasteiger partial charge in [0.05, 0.1) is 11.8 Å². The molecule has 5 heteroatoms. The minimum absolute atomic E-state index is 0.337. The van der Waals surface area contributed by atoms with E-state index in [-0.39, 0.29) is 5.82 Å². The molecule has 1 atom stereocenters. The largest absolute Gasteiger partial charge is 0.387 e. The van der Waals surface area contributed by atoms with Crippen LogP contribution in [0.25, 0.3) is 0 Å². The van der Waals surface area contributed by atoms with Gasteiger partial charge in [-0.25, -0.2) is 4.39 Å². The van der Waals surface area contributed by atoms with Crippen molar-refractivity contribution in [2.45, 2.75) is 12.6 Å². The van der Waals surface area contributed by atoms with E-state index in [4.69, 9.17) is 0 Å². The van der Waals surface area contributed by atoms with Gasteiger partial charge in [0.15, 0.2) is 0 Å². The van der Waals surface area contributed by atoms with Crippen LogP contribution < -0.4 is 5.32 Å². The Morgan fingerprint density at radius 2 is 2.28 bits per heavy atom. The molecular formula is C13H16FN3O. The first-order valence-electron chi connectivity index (χ1n) is 5.78. The number of nitrogens with one attached hydrogen (secondary N) is 1. The Hall–Kier alpha value is -1.72. The Morgan fingerprint density at radius 1 is 1.44 bits per heavy atom. The van der Waals surface area contributed by atoms with E-state index >= 15 is 0 Å². The summed E-state index contributed by atoms with van der Waals surface area (Å²) in [6.45, 7) is 0.938. The van der Waals surface area contributed by atoms with Crippen LogP contribution in [0.4, 0.5) is 4.39 Å². The Morgan fingerprint density at radius 3 is 2.94 bits per heavy atom. The van der Waals surface area contributed by atoms with E-state index in [9.17, 15) is 9.50 Å². The molecule has 0 aliphatic rings. The lowest BCUT2D eigenvalue weighted by Crippen LogP contribution is -2.21. The average Bonchev–Trinajstić information content (AvgIpc) is 2.75. The number of rotatable bonds is 5. The van der Waals surface area contributed by atoms with Crippen LogP contribution in [-0.4, -0.2) is 21.4 Å². The normalized spacial score (nSPS) is 12.6. The van der Waals surface area contributed by atoms with Gasteiger partial charge in [-0.15, -0.1) is 0 Å². The van der Waals surface area contributed by atoms with E-state index in [1.165, 1.54) is 12.1 Å². The number of hydrogen-bond acceptors (Lipinski definition) is 3.